The summed E-state index contributed by atoms with van der Waals surface area (Å²) in [5.41, 5.74) is -1.88. The molecule has 2 rings (SSSR count). The Labute approximate surface area is 211 Å². The molecule has 0 bridgehead atoms. The molecule has 0 spiro atoms. The third-order valence-electron chi connectivity index (χ3n) is 6.39. The van der Waals surface area contributed by atoms with Gasteiger partial charge in [-0.1, -0.05) is 19.8 Å². The van der Waals surface area contributed by atoms with E-state index in [1.165, 1.54) is 13.8 Å². The Balaban J connectivity index is 2.38. The average molecular weight is 523 g/mol. The summed E-state index contributed by atoms with van der Waals surface area (Å²) in [5, 5.41) is 58.5. The Hall–Kier alpha value is -1.42. The predicted molar refractivity (Wildman–Crippen MR) is 124 cm³/mol. The number of aliphatic hydroxyl groups excluding tert-OH is 4. The minimum Gasteiger partial charge on any atom is -0.394 e. The third-order valence-corrected chi connectivity index (χ3v) is 6.39. The highest BCUT2D eigenvalue weighted by molar-refractivity contribution is 5.73. The first-order valence-electron chi connectivity index (χ1n) is 12.4. The number of carbonyl (C=O) groups excluding carboxylic acids is 2. The molecule has 0 aromatic rings. The third kappa shape index (κ3) is 7.11. The molecule has 1 unspecified atom stereocenters. The van der Waals surface area contributed by atoms with Crippen molar-refractivity contribution >= 4 is 11.8 Å². The van der Waals surface area contributed by atoms with Gasteiger partial charge in [0.15, 0.2) is 12.6 Å². The number of rotatable bonds is 11. The van der Waals surface area contributed by atoms with Crippen LogP contribution in [0.3, 0.4) is 0 Å². The predicted octanol–water partition coefficient (Wildman–Crippen LogP) is -2.12. The molecule has 0 aromatic carbocycles. The summed E-state index contributed by atoms with van der Waals surface area (Å²) in [5.74, 6) is -1.01. The maximum atomic E-state index is 11.9. The molecule has 2 amide bonds. The maximum absolute atomic E-state index is 11.9. The lowest BCUT2D eigenvalue weighted by molar-refractivity contribution is -0.349. The van der Waals surface area contributed by atoms with E-state index in [4.69, 9.17) is 18.9 Å². The molecule has 13 nitrogen and oxygen atoms in total. The zero-order valence-electron chi connectivity index (χ0n) is 21.5. The van der Waals surface area contributed by atoms with E-state index >= 15 is 0 Å². The second kappa shape index (κ2) is 13.4. The maximum Gasteiger partial charge on any atom is 0.217 e. The van der Waals surface area contributed by atoms with Crippen LogP contribution in [0.5, 0.6) is 0 Å². The minimum absolute atomic E-state index is 0.0892. The average Bonchev–Trinajstić information content (AvgIpc) is 2.80. The van der Waals surface area contributed by atoms with Crippen LogP contribution in [0.15, 0.2) is 0 Å². The number of nitrogens with one attached hydrogen (secondary N) is 2. The second-order valence-corrected chi connectivity index (χ2v) is 9.67. The summed E-state index contributed by atoms with van der Waals surface area (Å²) in [4.78, 5) is 23.7. The van der Waals surface area contributed by atoms with Gasteiger partial charge >= 0.3 is 0 Å². The molecule has 0 saturated carbocycles. The van der Waals surface area contributed by atoms with Crippen LogP contribution in [0.2, 0.25) is 0 Å². The molecular weight excluding hydrogens is 480 g/mol. The van der Waals surface area contributed by atoms with Gasteiger partial charge in [-0.2, -0.15) is 0 Å². The first kappa shape index (κ1) is 30.8. The molecule has 2 aliphatic rings. The highest BCUT2D eigenvalue weighted by Gasteiger charge is 2.57. The molecule has 10 atom stereocenters. The van der Waals surface area contributed by atoms with Gasteiger partial charge in [-0.05, 0) is 20.3 Å². The summed E-state index contributed by atoms with van der Waals surface area (Å²) in [6, 6.07) is -2.37. The number of carbonyl (C=O) groups is 2. The van der Waals surface area contributed by atoms with Crippen molar-refractivity contribution < 1.29 is 54.1 Å². The molecule has 7 N–H and O–H groups in total. The first-order chi connectivity index (χ1) is 16.9. The largest absolute Gasteiger partial charge is 0.394 e. The van der Waals surface area contributed by atoms with Crippen LogP contribution < -0.4 is 10.6 Å². The standard InChI is InChI=1S/C23H42N2O11/c1-6-7-8-23(32)15(10-27)35-22(17(20(23)31)25-13(5)29)36-19-14(9-26)34-21(33-11(2)3)16(18(19)30)24-12(4)28/h11,14-22,26-27,30-32H,6-10H2,1-5H3,(H,24,28)(H,25,29)/t14-,15+,16-,17+,18-,19+,20+,21+,22-,23?/m0/s1. The van der Waals surface area contributed by atoms with Gasteiger partial charge < -0.3 is 55.1 Å². The van der Waals surface area contributed by atoms with Crippen LogP contribution >= 0.6 is 0 Å². The molecule has 2 heterocycles. The van der Waals surface area contributed by atoms with E-state index in [1.807, 2.05) is 6.92 Å². The van der Waals surface area contributed by atoms with Gasteiger partial charge in [-0.15, -0.1) is 0 Å². The van der Waals surface area contributed by atoms with E-state index in [0.717, 1.165) is 0 Å². The smallest absolute Gasteiger partial charge is 0.217 e. The summed E-state index contributed by atoms with van der Waals surface area (Å²) < 4.78 is 23.3. The van der Waals surface area contributed by atoms with Crippen molar-refractivity contribution in [2.24, 2.45) is 0 Å². The monoisotopic (exact) mass is 522 g/mol. The zero-order valence-corrected chi connectivity index (χ0v) is 21.5. The van der Waals surface area contributed by atoms with Crippen molar-refractivity contribution in [3.8, 4) is 0 Å². The summed E-state index contributed by atoms with van der Waals surface area (Å²) in [6.07, 6.45) is -8.36. The van der Waals surface area contributed by atoms with Crippen molar-refractivity contribution in [3.05, 3.63) is 0 Å². The van der Waals surface area contributed by atoms with E-state index in [2.05, 4.69) is 10.6 Å². The van der Waals surface area contributed by atoms with Gasteiger partial charge in [0, 0.05) is 13.8 Å². The normalized spacial score (nSPS) is 39.1. The number of aliphatic hydroxyl groups is 5. The van der Waals surface area contributed by atoms with Crippen LogP contribution in [0.1, 0.15) is 53.9 Å². The molecule has 0 radical (unpaired) electrons. The van der Waals surface area contributed by atoms with Crippen LogP contribution in [0.4, 0.5) is 0 Å². The Morgan fingerprint density at radius 3 is 2.11 bits per heavy atom. The molecule has 0 aliphatic carbocycles. The van der Waals surface area contributed by atoms with E-state index in [9.17, 15) is 35.1 Å². The van der Waals surface area contributed by atoms with Gasteiger partial charge in [-0.25, -0.2) is 0 Å². The Morgan fingerprint density at radius 2 is 1.61 bits per heavy atom. The van der Waals surface area contributed by atoms with Crippen LogP contribution in [-0.4, -0.2) is 117 Å². The number of hydrogen-bond donors (Lipinski definition) is 7. The summed E-state index contributed by atoms with van der Waals surface area (Å²) in [6.45, 7) is 6.58. The quantitative estimate of drug-likeness (QED) is 0.157. The molecular formula is C23H42N2O11. The van der Waals surface area contributed by atoms with Crippen molar-refractivity contribution in [2.45, 2.75) is 121 Å². The Bertz CT molecular complexity index is 726. The lowest BCUT2D eigenvalue weighted by atomic mass is 9.79. The van der Waals surface area contributed by atoms with Gasteiger partial charge in [0.2, 0.25) is 11.8 Å². The van der Waals surface area contributed by atoms with Crippen molar-refractivity contribution in [2.75, 3.05) is 13.2 Å². The van der Waals surface area contributed by atoms with Gasteiger partial charge in [-0.3, -0.25) is 9.59 Å². The lowest BCUT2D eigenvalue weighted by Gasteiger charge is -2.51. The molecule has 13 heteroatoms. The fraction of sp³-hybridized carbons (Fsp3) is 0.913. The summed E-state index contributed by atoms with van der Waals surface area (Å²) in [7, 11) is 0. The van der Waals surface area contributed by atoms with Crippen LogP contribution in [-0.2, 0) is 28.5 Å². The minimum atomic E-state index is -1.88. The molecule has 2 aliphatic heterocycles. The van der Waals surface area contributed by atoms with E-state index < -0.39 is 85.8 Å². The SMILES string of the molecule is CCCCC1(O)[C@H](O)[C@@H](NC(C)=O)[C@H](O[C@H]2[C@@H](O)[C@H](NC(C)=O)[C@H](OC(C)C)O[C@H]2CO)O[C@@H]1CO. The van der Waals surface area contributed by atoms with E-state index in [1.54, 1.807) is 13.8 Å². The van der Waals surface area contributed by atoms with E-state index in [0.29, 0.717) is 12.8 Å². The highest BCUT2D eigenvalue weighted by Crippen LogP contribution is 2.36. The number of amides is 2. The summed E-state index contributed by atoms with van der Waals surface area (Å²) >= 11 is 0. The first-order valence-corrected chi connectivity index (χ1v) is 12.4. The van der Waals surface area contributed by atoms with Crippen LogP contribution in [0.25, 0.3) is 0 Å². The number of ether oxygens (including phenoxy) is 4. The van der Waals surface area contributed by atoms with E-state index in [-0.39, 0.29) is 12.5 Å². The van der Waals surface area contributed by atoms with Gasteiger partial charge in [0.05, 0.1) is 19.3 Å². The molecule has 2 saturated heterocycles. The number of unbranched alkanes of at least 4 members (excludes halogenated alkanes) is 1. The number of hydrogen-bond acceptors (Lipinski definition) is 11. The molecule has 0 aromatic heterocycles. The fourth-order valence-electron chi connectivity index (χ4n) is 4.65. The topological polar surface area (TPSA) is 196 Å². The van der Waals surface area contributed by atoms with Crippen LogP contribution in [0, 0.1) is 0 Å². The van der Waals surface area contributed by atoms with Crippen molar-refractivity contribution in [1.82, 2.24) is 10.6 Å². The highest BCUT2D eigenvalue weighted by atomic mass is 16.7. The second-order valence-electron chi connectivity index (χ2n) is 9.67. The molecule has 210 valence electrons. The molecule has 2 fully saturated rings. The fourth-order valence-corrected chi connectivity index (χ4v) is 4.65. The van der Waals surface area contributed by atoms with Crippen molar-refractivity contribution in [3.63, 3.8) is 0 Å². The lowest BCUT2D eigenvalue weighted by Crippen LogP contribution is -2.72. The zero-order chi connectivity index (χ0) is 27.2. The van der Waals surface area contributed by atoms with Gasteiger partial charge in [0.25, 0.3) is 0 Å². The van der Waals surface area contributed by atoms with Gasteiger partial charge in [0.1, 0.15) is 48.2 Å². The Morgan fingerprint density at radius 1 is 1.00 bits per heavy atom. The van der Waals surface area contributed by atoms with Crippen molar-refractivity contribution in [1.29, 1.82) is 0 Å². The Kier molecular flexibility index (Phi) is 11.5. The molecule has 36 heavy (non-hydrogen) atoms.